The highest BCUT2D eigenvalue weighted by atomic mass is 32.2. The van der Waals surface area contributed by atoms with E-state index in [0.717, 1.165) is 0 Å². The Morgan fingerprint density at radius 1 is 1.43 bits per heavy atom. The van der Waals surface area contributed by atoms with Gasteiger partial charge in [0.05, 0.1) is 12.4 Å². The van der Waals surface area contributed by atoms with Gasteiger partial charge in [0.25, 0.3) is 0 Å². The van der Waals surface area contributed by atoms with E-state index in [-0.39, 0.29) is 47.9 Å². The molecule has 2 atom stereocenters. The van der Waals surface area contributed by atoms with E-state index in [9.17, 15) is 14.4 Å². The zero-order valence-corrected chi connectivity index (χ0v) is 13.0. The predicted octanol–water partition coefficient (Wildman–Crippen LogP) is -1.62. The van der Waals surface area contributed by atoms with Gasteiger partial charge in [0.1, 0.15) is 5.50 Å². The fourth-order valence-electron chi connectivity index (χ4n) is 1.79. The lowest BCUT2D eigenvalue weighted by Crippen LogP contribution is -2.56. The molecule has 0 radical (unpaired) electrons. The average Bonchev–Trinajstić information content (AvgIpc) is 2.44. The number of thioether (sulfide) groups is 1. The Morgan fingerprint density at radius 3 is 2.86 bits per heavy atom. The molecule has 0 spiro atoms. The Morgan fingerprint density at radius 2 is 2.19 bits per heavy atom. The summed E-state index contributed by atoms with van der Waals surface area (Å²) < 4.78 is 4.83. The molecule has 1 aliphatic heterocycles. The van der Waals surface area contributed by atoms with E-state index >= 15 is 0 Å². The second-order valence-corrected chi connectivity index (χ2v) is 5.64. The molecule has 1 fully saturated rings. The van der Waals surface area contributed by atoms with Gasteiger partial charge in [-0.3, -0.25) is 19.7 Å². The van der Waals surface area contributed by atoms with Crippen molar-refractivity contribution in [2.24, 2.45) is 0 Å². The summed E-state index contributed by atoms with van der Waals surface area (Å²) in [6.07, 6.45) is 0.492. The van der Waals surface area contributed by atoms with Crippen molar-refractivity contribution in [3.8, 4) is 0 Å². The van der Waals surface area contributed by atoms with Gasteiger partial charge in [0.2, 0.25) is 17.7 Å². The van der Waals surface area contributed by atoms with Gasteiger partial charge in [0, 0.05) is 39.6 Å². The Hall–Kier alpha value is -1.32. The van der Waals surface area contributed by atoms with E-state index in [1.54, 1.807) is 14.2 Å². The number of nitrogens with one attached hydrogen (secondary N) is 4. The smallest absolute Gasteiger partial charge is 0.230 e. The molecule has 2 unspecified atom stereocenters. The molecule has 0 saturated carbocycles. The third-order valence-corrected chi connectivity index (χ3v) is 3.85. The normalized spacial score (nSPS) is 21.5. The van der Waals surface area contributed by atoms with Crippen LogP contribution >= 0.6 is 11.8 Å². The summed E-state index contributed by atoms with van der Waals surface area (Å²) in [5.41, 5.74) is -0.367. The maximum Gasteiger partial charge on any atom is 0.230 e. The van der Waals surface area contributed by atoms with Crippen LogP contribution in [0.4, 0.5) is 0 Å². The van der Waals surface area contributed by atoms with Crippen LogP contribution in [0.1, 0.15) is 12.8 Å². The minimum atomic E-state index is -0.367. The van der Waals surface area contributed by atoms with Crippen LogP contribution in [-0.2, 0) is 19.1 Å². The van der Waals surface area contributed by atoms with Crippen LogP contribution in [0.5, 0.6) is 0 Å². The SMILES string of the molecule is CNC(=O)CC1CC(=O)NC(SCC(=O)NCCOC)N1. The molecule has 0 aliphatic carbocycles. The summed E-state index contributed by atoms with van der Waals surface area (Å²) in [5.74, 6) is -0.154. The molecule has 3 amide bonds. The van der Waals surface area contributed by atoms with Crippen LogP contribution in [0.25, 0.3) is 0 Å². The highest BCUT2D eigenvalue weighted by Gasteiger charge is 2.27. The number of methoxy groups -OCH3 is 1. The lowest BCUT2D eigenvalue weighted by molar-refractivity contribution is -0.125. The van der Waals surface area contributed by atoms with Gasteiger partial charge in [-0.2, -0.15) is 0 Å². The first-order chi connectivity index (χ1) is 10.0. The predicted molar refractivity (Wildman–Crippen MR) is 79.5 cm³/mol. The molecule has 9 heteroatoms. The summed E-state index contributed by atoms with van der Waals surface area (Å²) in [5, 5.41) is 11.1. The molecule has 0 aromatic rings. The monoisotopic (exact) mass is 318 g/mol. The van der Waals surface area contributed by atoms with Crippen LogP contribution in [0.3, 0.4) is 0 Å². The fraction of sp³-hybridized carbons (Fsp3) is 0.750. The van der Waals surface area contributed by atoms with Crippen LogP contribution in [-0.4, -0.2) is 62.3 Å². The number of hydrogen-bond donors (Lipinski definition) is 4. The summed E-state index contributed by atoms with van der Waals surface area (Å²) in [6.45, 7) is 0.919. The Labute approximate surface area is 128 Å². The molecule has 0 aromatic carbocycles. The molecule has 1 rings (SSSR count). The Balaban J connectivity index is 2.31. The van der Waals surface area contributed by atoms with Crippen molar-refractivity contribution in [3.05, 3.63) is 0 Å². The molecule has 8 nitrogen and oxygen atoms in total. The summed E-state index contributed by atoms with van der Waals surface area (Å²) in [6, 6.07) is -0.215. The molecule has 0 aromatic heterocycles. The van der Waals surface area contributed by atoms with E-state index in [2.05, 4.69) is 21.3 Å². The van der Waals surface area contributed by atoms with Crippen LogP contribution in [0.15, 0.2) is 0 Å². The van der Waals surface area contributed by atoms with Crippen LogP contribution in [0, 0.1) is 0 Å². The summed E-state index contributed by atoms with van der Waals surface area (Å²) >= 11 is 1.28. The number of carbonyl (C=O) groups is 3. The van der Waals surface area contributed by atoms with Crippen molar-refractivity contribution < 1.29 is 19.1 Å². The maximum absolute atomic E-state index is 11.6. The van der Waals surface area contributed by atoms with Gasteiger partial charge in [-0.15, -0.1) is 11.8 Å². The standard InChI is InChI=1S/C12H22N4O4S/c1-13-9(17)5-8-6-10(18)16-12(15-8)21-7-11(19)14-3-4-20-2/h8,12,15H,3-7H2,1-2H3,(H,13,17)(H,14,19)(H,16,18). The lowest BCUT2D eigenvalue weighted by Gasteiger charge is -2.30. The summed E-state index contributed by atoms with van der Waals surface area (Å²) in [7, 11) is 3.12. The van der Waals surface area contributed by atoms with Gasteiger partial charge >= 0.3 is 0 Å². The van der Waals surface area contributed by atoms with E-state index in [0.29, 0.717) is 13.2 Å². The lowest BCUT2D eigenvalue weighted by atomic mass is 10.1. The first-order valence-corrected chi connectivity index (χ1v) is 7.73. The van der Waals surface area contributed by atoms with Crippen LogP contribution < -0.4 is 21.3 Å². The minimum Gasteiger partial charge on any atom is -0.383 e. The topological polar surface area (TPSA) is 109 Å². The Kier molecular flexibility index (Phi) is 8.09. The molecule has 21 heavy (non-hydrogen) atoms. The summed E-state index contributed by atoms with van der Waals surface area (Å²) in [4.78, 5) is 34.5. The molecule has 1 saturated heterocycles. The molecule has 1 aliphatic rings. The van der Waals surface area contributed by atoms with Crippen molar-refractivity contribution in [3.63, 3.8) is 0 Å². The quantitative estimate of drug-likeness (QED) is 0.401. The highest BCUT2D eigenvalue weighted by molar-refractivity contribution is 8.00. The van der Waals surface area contributed by atoms with Gasteiger partial charge in [-0.25, -0.2) is 0 Å². The average molecular weight is 318 g/mol. The van der Waals surface area contributed by atoms with Crippen molar-refractivity contribution in [2.45, 2.75) is 24.4 Å². The van der Waals surface area contributed by atoms with Crippen molar-refractivity contribution in [1.82, 2.24) is 21.3 Å². The largest absolute Gasteiger partial charge is 0.383 e. The Bertz CT molecular complexity index is 380. The first-order valence-electron chi connectivity index (χ1n) is 6.68. The molecule has 4 N–H and O–H groups in total. The number of rotatable bonds is 8. The van der Waals surface area contributed by atoms with Gasteiger partial charge in [0.15, 0.2) is 0 Å². The van der Waals surface area contributed by atoms with Crippen LogP contribution in [0.2, 0.25) is 0 Å². The van der Waals surface area contributed by atoms with Gasteiger partial charge in [-0.1, -0.05) is 0 Å². The number of amides is 3. The maximum atomic E-state index is 11.6. The fourth-order valence-corrected chi connectivity index (χ4v) is 2.72. The van der Waals surface area contributed by atoms with Crippen molar-refractivity contribution >= 4 is 29.5 Å². The molecule has 0 bridgehead atoms. The highest BCUT2D eigenvalue weighted by Crippen LogP contribution is 2.13. The van der Waals surface area contributed by atoms with E-state index < -0.39 is 0 Å². The van der Waals surface area contributed by atoms with E-state index in [1.807, 2.05) is 0 Å². The molecular weight excluding hydrogens is 296 g/mol. The van der Waals surface area contributed by atoms with Crippen molar-refractivity contribution in [1.29, 1.82) is 0 Å². The third-order valence-electron chi connectivity index (χ3n) is 2.83. The zero-order valence-electron chi connectivity index (χ0n) is 12.2. The van der Waals surface area contributed by atoms with E-state index in [4.69, 9.17) is 4.74 Å². The number of carbonyl (C=O) groups excluding carboxylic acids is 3. The molecular formula is C12H22N4O4S. The minimum absolute atomic E-state index is 0.122. The van der Waals surface area contributed by atoms with E-state index in [1.165, 1.54) is 11.8 Å². The third kappa shape index (κ3) is 7.30. The molecule has 1 heterocycles. The van der Waals surface area contributed by atoms with Gasteiger partial charge in [-0.05, 0) is 0 Å². The second kappa shape index (κ2) is 9.59. The second-order valence-electron chi connectivity index (χ2n) is 4.55. The van der Waals surface area contributed by atoms with Crippen molar-refractivity contribution in [2.75, 3.05) is 33.1 Å². The van der Waals surface area contributed by atoms with Gasteiger partial charge < -0.3 is 20.7 Å². The number of ether oxygens (including phenoxy) is 1. The number of hydrogen-bond acceptors (Lipinski definition) is 6. The molecule has 120 valence electrons. The zero-order chi connectivity index (χ0) is 15.7. The first kappa shape index (κ1) is 17.7.